The highest BCUT2D eigenvalue weighted by atomic mass is 32.1. The summed E-state index contributed by atoms with van der Waals surface area (Å²) in [4.78, 5) is 12.0. The summed E-state index contributed by atoms with van der Waals surface area (Å²) in [5, 5.41) is 12.0. The van der Waals surface area contributed by atoms with Gasteiger partial charge in [-0.2, -0.15) is 0 Å². The van der Waals surface area contributed by atoms with E-state index in [1.54, 1.807) is 0 Å². The van der Waals surface area contributed by atoms with Gasteiger partial charge in [0.1, 0.15) is 11.0 Å². The molecule has 0 radical (unpaired) electrons. The number of hydrogen-bond acceptors (Lipinski definition) is 5. The molecule has 0 aliphatic heterocycles. The van der Waals surface area contributed by atoms with Crippen LogP contribution in [0.15, 0.2) is 30.3 Å². The maximum Gasteiger partial charge on any atom is 0.247 e. The normalized spacial score (nSPS) is 12.4. The van der Waals surface area contributed by atoms with E-state index in [4.69, 9.17) is 5.73 Å². The van der Waals surface area contributed by atoms with Crippen molar-refractivity contribution in [1.29, 1.82) is 0 Å². The Balaban J connectivity index is 2.04. The molecular weight excluding hydrogens is 260 g/mol. The topological polar surface area (TPSA) is 80.9 Å². The lowest BCUT2D eigenvalue weighted by atomic mass is 10.1. The lowest BCUT2D eigenvalue weighted by Crippen LogP contribution is -2.27. The number of rotatable bonds is 4. The average molecular weight is 276 g/mol. The van der Waals surface area contributed by atoms with Gasteiger partial charge in [-0.05, 0) is 5.56 Å². The maximum atomic E-state index is 12.0. The van der Waals surface area contributed by atoms with E-state index in [1.807, 2.05) is 44.2 Å². The molecule has 5 nitrogen and oxygen atoms in total. The summed E-state index contributed by atoms with van der Waals surface area (Å²) in [5.41, 5.74) is 6.67. The summed E-state index contributed by atoms with van der Waals surface area (Å²) in [6, 6.07) is 8.53. The summed E-state index contributed by atoms with van der Waals surface area (Å²) in [5.74, 6) is 0.0172. The monoisotopic (exact) mass is 276 g/mol. The number of carbonyl (C=O) groups is 1. The Labute approximate surface area is 115 Å². The van der Waals surface area contributed by atoms with Crippen molar-refractivity contribution in [3.05, 3.63) is 40.9 Å². The van der Waals surface area contributed by atoms with Crippen molar-refractivity contribution in [2.24, 2.45) is 5.73 Å². The predicted octanol–water partition coefficient (Wildman–Crippen LogP) is 2.30. The van der Waals surface area contributed by atoms with Crippen LogP contribution in [0, 0.1) is 0 Å². The highest BCUT2D eigenvalue weighted by Gasteiger charge is 2.17. The number of anilines is 1. The fourth-order valence-corrected chi connectivity index (χ4v) is 2.26. The molecule has 0 aliphatic carbocycles. The highest BCUT2D eigenvalue weighted by molar-refractivity contribution is 7.15. The molecule has 0 spiro atoms. The summed E-state index contributed by atoms with van der Waals surface area (Å²) >= 11 is 1.37. The molecule has 2 rings (SSSR count). The standard InChI is InChI=1S/C13H16N4OS/c1-8(2)12-16-17-13(19-12)15-11(18)10(14)9-6-4-3-5-7-9/h3-8,10H,14H2,1-2H3,(H,15,17,18). The van der Waals surface area contributed by atoms with Crippen LogP contribution in [0.25, 0.3) is 0 Å². The van der Waals surface area contributed by atoms with Gasteiger partial charge in [0.05, 0.1) is 0 Å². The Hall–Kier alpha value is -1.79. The van der Waals surface area contributed by atoms with E-state index in [-0.39, 0.29) is 5.91 Å². The number of nitrogens with two attached hydrogens (primary N) is 1. The predicted molar refractivity (Wildman–Crippen MR) is 76.0 cm³/mol. The molecule has 6 heteroatoms. The molecule has 0 saturated carbocycles. The first kappa shape index (κ1) is 13.6. The second-order valence-corrected chi connectivity index (χ2v) is 5.49. The molecule has 0 bridgehead atoms. The van der Waals surface area contributed by atoms with Gasteiger partial charge in [-0.25, -0.2) is 0 Å². The molecule has 3 N–H and O–H groups in total. The zero-order valence-corrected chi connectivity index (χ0v) is 11.6. The van der Waals surface area contributed by atoms with Crippen LogP contribution in [0.1, 0.15) is 36.4 Å². The Bertz CT molecular complexity index is 553. The van der Waals surface area contributed by atoms with Gasteiger partial charge in [0.25, 0.3) is 0 Å². The SMILES string of the molecule is CC(C)c1nnc(NC(=O)C(N)c2ccccc2)s1. The van der Waals surface area contributed by atoms with Gasteiger partial charge >= 0.3 is 0 Å². The molecule has 1 heterocycles. The first-order valence-corrected chi connectivity index (χ1v) is 6.84. The quantitative estimate of drug-likeness (QED) is 0.897. The second-order valence-electron chi connectivity index (χ2n) is 4.48. The van der Waals surface area contributed by atoms with Gasteiger partial charge in [-0.1, -0.05) is 55.5 Å². The fourth-order valence-electron chi connectivity index (χ4n) is 1.51. The van der Waals surface area contributed by atoms with Crippen LogP contribution in [0.2, 0.25) is 0 Å². The molecule has 100 valence electrons. The smallest absolute Gasteiger partial charge is 0.247 e. The molecule has 1 aromatic carbocycles. The Kier molecular flexibility index (Phi) is 4.24. The number of hydrogen-bond donors (Lipinski definition) is 2. The highest BCUT2D eigenvalue weighted by Crippen LogP contribution is 2.23. The van der Waals surface area contributed by atoms with Gasteiger partial charge in [0.2, 0.25) is 11.0 Å². The molecule has 0 fully saturated rings. The molecule has 2 aromatic rings. The zero-order chi connectivity index (χ0) is 13.8. The van der Waals surface area contributed by atoms with E-state index < -0.39 is 6.04 Å². The van der Waals surface area contributed by atoms with Crippen LogP contribution in [-0.2, 0) is 4.79 Å². The second kappa shape index (κ2) is 5.90. The Morgan fingerprint density at radius 2 is 1.95 bits per heavy atom. The largest absolute Gasteiger partial charge is 0.316 e. The van der Waals surface area contributed by atoms with Crippen molar-refractivity contribution >= 4 is 22.4 Å². The number of aromatic nitrogens is 2. The van der Waals surface area contributed by atoms with E-state index >= 15 is 0 Å². The molecule has 1 aromatic heterocycles. The number of nitrogens with zero attached hydrogens (tertiary/aromatic N) is 2. The summed E-state index contributed by atoms with van der Waals surface area (Å²) in [6.07, 6.45) is 0. The molecular formula is C13H16N4OS. The maximum absolute atomic E-state index is 12.0. The summed E-state index contributed by atoms with van der Waals surface area (Å²) in [6.45, 7) is 4.06. The average Bonchev–Trinajstić information content (AvgIpc) is 2.87. The van der Waals surface area contributed by atoms with Crippen LogP contribution in [0.4, 0.5) is 5.13 Å². The van der Waals surface area contributed by atoms with Gasteiger partial charge in [0, 0.05) is 5.92 Å². The number of nitrogens with one attached hydrogen (secondary N) is 1. The molecule has 1 atom stereocenters. The van der Waals surface area contributed by atoms with E-state index in [0.29, 0.717) is 11.0 Å². The van der Waals surface area contributed by atoms with Gasteiger partial charge in [-0.3, -0.25) is 10.1 Å². The third-order valence-electron chi connectivity index (χ3n) is 2.61. The van der Waals surface area contributed by atoms with Crippen molar-refractivity contribution in [3.63, 3.8) is 0 Å². The minimum Gasteiger partial charge on any atom is -0.316 e. The number of carbonyl (C=O) groups excluding carboxylic acids is 1. The molecule has 0 saturated heterocycles. The minimum absolute atomic E-state index is 0.280. The van der Waals surface area contributed by atoms with Crippen molar-refractivity contribution in [2.75, 3.05) is 5.32 Å². The van der Waals surface area contributed by atoms with Crippen LogP contribution in [-0.4, -0.2) is 16.1 Å². The van der Waals surface area contributed by atoms with Crippen LogP contribution < -0.4 is 11.1 Å². The zero-order valence-electron chi connectivity index (χ0n) is 10.8. The first-order chi connectivity index (χ1) is 9.08. The summed E-state index contributed by atoms with van der Waals surface area (Å²) in [7, 11) is 0. The van der Waals surface area contributed by atoms with E-state index in [0.717, 1.165) is 10.6 Å². The molecule has 1 unspecified atom stereocenters. The van der Waals surface area contributed by atoms with Crippen molar-refractivity contribution in [1.82, 2.24) is 10.2 Å². The van der Waals surface area contributed by atoms with Crippen molar-refractivity contribution in [2.45, 2.75) is 25.8 Å². The first-order valence-electron chi connectivity index (χ1n) is 6.02. The van der Waals surface area contributed by atoms with Crippen molar-refractivity contribution < 1.29 is 4.79 Å². The van der Waals surface area contributed by atoms with Gasteiger partial charge in [-0.15, -0.1) is 10.2 Å². The number of amides is 1. The number of benzene rings is 1. The lowest BCUT2D eigenvalue weighted by Gasteiger charge is -2.10. The Morgan fingerprint density at radius 1 is 1.26 bits per heavy atom. The summed E-state index contributed by atoms with van der Waals surface area (Å²) < 4.78 is 0. The van der Waals surface area contributed by atoms with Crippen LogP contribution >= 0.6 is 11.3 Å². The molecule has 19 heavy (non-hydrogen) atoms. The molecule has 0 aliphatic rings. The van der Waals surface area contributed by atoms with Gasteiger partial charge < -0.3 is 5.73 Å². The Morgan fingerprint density at radius 3 is 2.53 bits per heavy atom. The minimum atomic E-state index is -0.701. The van der Waals surface area contributed by atoms with Crippen molar-refractivity contribution in [3.8, 4) is 0 Å². The lowest BCUT2D eigenvalue weighted by molar-refractivity contribution is -0.117. The van der Waals surface area contributed by atoms with E-state index in [9.17, 15) is 4.79 Å². The van der Waals surface area contributed by atoms with E-state index in [2.05, 4.69) is 15.5 Å². The third-order valence-corrected chi connectivity index (χ3v) is 3.75. The molecule has 1 amide bonds. The third kappa shape index (κ3) is 3.36. The van der Waals surface area contributed by atoms with Crippen LogP contribution in [0.5, 0.6) is 0 Å². The van der Waals surface area contributed by atoms with Crippen LogP contribution in [0.3, 0.4) is 0 Å². The fraction of sp³-hybridized carbons (Fsp3) is 0.308. The van der Waals surface area contributed by atoms with E-state index in [1.165, 1.54) is 11.3 Å². The van der Waals surface area contributed by atoms with Gasteiger partial charge in [0.15, 0.2) is 0 Å².